The topological polar surface area (TPSA) is 105 Å². The Hall–Kier alpha value is -3.61. The van der Waals surface area contributed by atoms with E-state index in [4.69, 9.17) is 4.74 Å². The molecule has 0 aromatic heterocycles. The van der Waals surface area contributed by atoms with Gasteiger partial charge in [-0.3, -0.25) is 9.59 Å². The van der Waals surface area contributed by atoms with Crippen LogP contribution in [0.15, 0.2) is 54.1 Å². The van der Waals surface area contributed by atoms with Gasteiger partial charge in [0.15, 0.2) is 0 Å². The molecule has 29 heavy (non-hydrogen) atoms. The van der Waals surface area contributed by atoms with Gasteiger partial charge in [0.1, 0.15) is 16.9 Å². The van der Waals surface area contributed by atoms with Crippen LogP contribution in [-0.2, 0) is 14.4 Å². The van der Waals surface area contributed by atoms with Gasteiger partial charge < -0.3 is 20.5 Å². The summed E-state index contributed by atoms with van der Waals surface area (Å²) in [6.45, 7) is 3.35. The van der Waals surface area contributed by atoms with E-state index in [1.54, 1.807) is 36.4 Å². The van der Waals surface area contributed by atoms with E-state index in [9.17, 15) is 19.5 Å². The quantitative estimate of drug-likeness (QED) is 0.677. The van der Waals surface area contributed by atoms with Crippen LogP contribution in [0.25, 0.3) is 5.57 Å². The number of nitrogens with one attached hydrogen (secondary N) is 2. The molecule has 150 valence electrons. The molecule has 3 N–H and O–H groups in total. The van der Waals surface area contributed by atoms with E-state index in [1.807, 2.05) is 19.1 Å². The molecule has 0 radical (unpaired) electrons. The average Bonchev–Trinajstić information content (AvgIpc) is 2.68. The number of anilines is 1. The van der Waals surface area contributed by atoms with Crippen molar-refractivity contribution in [2.45, 2.75) is 25.8 Å². The first kappa shape index (κ1) is 20.1. The van der Waals surface area contributed by atoms with Crippen LogP contribution >= 0.6 is 0 Å². The standard InChI is InChI=1S/C22H22N2O5/c1-13-4-6-14(7-5-13)17-12-22(2,21(27)28)24-20(26)18(17)19(25)23-15-8-10-16(29-3)11-9-15/h4-11H,12H2,1-3H3,(H,23,25)(H,24,26)(H,27,28). The zero-order chi connectivity index (χ0) is 21.2. The van der Waals surface area contributed by atoms with Gasteiger partial charge in [0.25, 0.3) is 11.8 Å². The molecule has 0 saturated carbocycles. The Morgan fingerprint density at radius 1 is 1.10 bits per heavy atom. The summed E-state index contributed by atoms with van der Waals surface area (Å²) < 4.78 is 5.10. The molecule has 0 saturated heterocycles. The van der Waals surface area contributed by atoms with E-state index in [1.165, 1.54) is 14.0 Å². The highest BCUT2D eigenvalue weighted by molar-refractivity contribution is 6.29. The Morgan fingerprint density at radius 2 is 1.72 bits per heavy atom. The number of aliphatic carboxylic acids is 1. The third-order valence-corrected chi connectivity index (χ3v) is 4.90. The molecule has 2 amide bonds. The number of carboxylic acid groups (broad SMARTS) is 1. The molecular formula is C22H22N2O5. The van der Waals surface area contributed by atoms with E-state index in [0.717, 1.165) is 5.56 Å². The number of aryl methyl sites for hydroxylation is 1. The number of carbonyl (C=O) groups excluding carboxylic acids is 2. The van der Waals surface area contributed by atoms with Gasteiger partial charge in [0.05, 0.1) is 7.11 Å². The third kappa shape index (κ3) is 4.13. The van der Waals surface area contributed by atoms with Gasteiger partial charge in [-0.1, -0.05) is 29.8 Å². The maximum absolute atomic E-state index is 13.0. The van der Waals surface area contributed by atoms with Crippen LogP contribution < -0.4 is 15.4 Å². The van der Waals surface area contributed by atoms with Gasteiger partial charge in [-0.15, -0.1) is 0 Å². The monoisotopic (exact) mass is 394 g/mol. The van der Waals surface area contributed by atoms with Crippen molar-refractivity contribution in [2.75, 3.05) is 12.4 Å². The first-order chi connectivity index (χ1) is 13.7. The van der Waals surface area contributed by atoms with Gasteiger partial charge in [0, 0.05) is 12.1 Å². The highest BCUT2D eigenvalue weighted by Gasteiger charge is 2.43. The molecule has 2 aromatic carbocycles. The highest BCUT2D eigenvalue weighted by atomic mass is 16.5. The fraction of sp³-hybridized carbons (Fsp3) is 0.227. The van der Waals surface area contributed by atoms with Gasteiger partial charge in [-0.2, -0.15) is 0 Å². The summed E-state index contributed by atoms with van der Waals surface area (Å²) in [5, 5.41) is 14.7. The number of hydrogen-bond donors (Lipinski definition) is 3. The summed E-state index contributed by atoms with van der Waals surface area (Å²) in [5.74, 6) is -1.85. The SMILES string of the molecule is COc1ccc(NC(=O)C2=C(c3ccc(C)cc3)CC(C)(C(=O)O)NC2=O)cc1. The first-order valence-corrected chi connectivity index (χ1v) is 9.05. The number of carboxylic acids is 1. The second-order valence-corrected chi connectivity index (χ2v) is 7.17. The molecule has 1 atom stereocenters. The summed E-state index contributed by atoms with van der Waals surface area (Å²) in [4.78, 5) is 37.5. The largest absolute Gasteiger partial charge is 0.497 e. The molecule has 1 unspecified atom stereocenters. The van der Waals surface area contributed by atoms with Crippen LogP contribution in [0.5, 0.6) is 5.75 Å². The van der Waals surface area contributed by atoms with Crippen LogP contribution in [0, 0.1) is 6.92 Å². The van der Waals surface area contributed by atoms with Gasteiger partial charge in [-0.05, 0) is 49.2 Å². The van der Waals surface area contributed by atoms with Crippen molar-refractivity contribution in [2.24, 2.45) is 0 Å². The first-order valence-electron chi connectivity index (χ1n) is 9.05. The Kier molecular flexibility index (Phi) is 5.41. The summed E-state index contributed by atoms with van der Waals surface area (Å²) in [7, 11) is 1.54. The van der Waals surface area contributed by atoms with Crippen LogP contribution in [0.1, 0.15) is 24.5 Å². The smallest absolute Gasteiger partial charge is 0.329 e. The van der Waals surface area contributed by atoms with Crippen LogP contribution in [-0.4, -0.2) is 35.5 Å². The lowest BCUT2D eigenvalue weighted by molar-refractivity contribution is -0.146. The zero-order valence-corrected chi connectivity index (χ0v) is 16.4. The van der Waals surface area contributed by atoms with Crippen molar-refractivity contribution in [1.29, 1.82) is 0 Å². The molecule has 0 bridgehead atoms. The van der Waals surface area contributed by atoms with Crippen molar-refractivity contribution < 1.29 is 24.2 Å². The van der Waals surface area contributed by atoms with Gasteiger partial charge in [-0.25, -0.2) is 4.79 Å². The molecule has 3 rings (SSSR count). The van der Waals surface area contributed by atoms with E-state index >= 15 is 0 Å². The van der Waals surface area contributed by atoms with Crippen LogP contribution in [0.4, 0.5) is 5.69 Å². The fourth-order valence-electron chi connectivity index (χ4n) is 3.17. The fourth-order valence-corrected chi connectivity index (χ4v) is 3.17. The van der Waals surface area contributed by atoms with Crippen molar-refractivity contribution in [3.63, 3.8) is 0 Å². The number of rotatable bonds is 5. The number of benzene rings is 2. The van der Waals surface area contributed by atoms with Crippen molar-refractivity contribution in [1.82, 2.24) is 5.32 Å². The summed E-state index contributed by atoms with van der Waals surface area (Å²) >= 11 is 0. The van der Waals surface area contributed by atoms with Crippen molar-refractivity contribution in [3.8, 4) is 5.75 Å². The Bertz CT molecular complexity index is 993. The van der Waals surface area contributed by atoms with Gasteiger partial charge in [0.2, 0.25) is 0 Å². The lowest BCUT2D eigenvalue weighted by Crippen LogP contribution is -2.56. The molecule has 7 heteroatoms. The number of ether oxygens (including phenoxy) is 1. The van der Waals surface area contributed by atoms with E-state index in [2.05, 4.69) is 10.6 Å². The zero-order valence-electron chi connectivity index (χ0n) is 16.4. The molecule has 0 spiro atoms. The lowest BCUT2D eigenvalue weighted by Gasteiger charge is -2.33. The lowest BCUT2D eigenvalue weighted by atomic mass is 9.82. The van der Waals surface area contributed by atoms with Crippen molar-refractivity contribution in [3.05, 3.63) is 65.2 Å². The molecule has 0 fully saturated rings. The predicted octanol–water partition coefficient (Wildman–Crippen LogP) is 2.76. The minimum atomic E-state index is -1.50. The normalized spacial score (nSPS) is 18.8. The molecule has 0 aliphatic carbocycles. The summed E-state index contributed by atoms with van der Waals surface area (Å²) in [6, 6.07) is 14.0. The van der Waals surface area contributed by atoms with Crippen molar-refractivity contribution >= 4 is 29.0 Å². The maximum Gasteiger partial charge on any atom is 0.329 e. The number of methoxy groups -OCH3 is 1. The predicted molar refractivity (Wildman–Crippen MR) is 109 cm³/mol. The van der Waals surface area contributed by atoms with E-state index in [0.29, 0.717) is 22.6 Å². The summed E-state index contributed by atoms with van der Waals surface area (Å²) in [6.07, 6.45) is -0.0114. The Labute approximate surface area is 168 Å². The summed E-state index contributed by atoms with van der Waals surface area (Å²) in [5.41, 5.74) is 0.943. The molecule has 1 aliphatic rings. The molecule has 1 heterocycles. The Balaban J connectivity index is 2.03. The second kappa shape index (κ2) is 7.79. The Morgan fingerprint density at radius 3 is 2.28 bits per heavy atom. The molecule has 1 aliphatic heterocycles. The minimum Gasteiger partial charge on any atom is -0.497 e. The van der Waals surface area contributed by atoms with E-state index in [-0.39, 0.29) is 12.0 Å². The maximum atomic E-state index is 13.0. The average molecular weight is 394 g/mol. The third-order valence-electron chi connectivity index (χ3n) is 4.90. The number of carbonyl (C=O) groups is 3. The van der Waals surface area contributed by atoms with Crippen LogP contribution in [0.3, 0.4) is 0 Å². The molecule has 2 aromatic rings. The highest BCUT2D eigenvalue weighted by Crippen LogP contribution is 2.33. The molecule has 7 nitrogen and oxygen atoms in total. The van der Waals surface area contributed by atoms with Gasteiger partial charge >= 0.3 is 5.97 Å². The number of hydrogen-bond acceptors (Lipinski definition) is 4. The van der Waals surface area contributed by atoms with Crippen LogP contribution in [0.2, 0.25) is 0 Å². The molecular weight excluding hydrogens is 372 g/mol. The number of amides is 2. The van der Waals surface area contributed by atoms with E-state index < -0.39 is 23.3 Å². The minimum absolute atomic E-state index is 0.0114. The second-order valence-electron chi connectivity index (χ2n) is 7.17.